The summed E-state index contributed by atoms with van der Waals surface area (Å²) >= 11 is 6.45. The minimum atomic E-state index is -3.63. The van der Waals surface area contributed by atoms with Gasteiger partial charge < -0.3 is 14.6 Å². The van der Waals surface area contributed by atoms with Crippen molar-refractivity contribution in [3.05, 3.63) is 47.0 Å². The largest absolute Gasteiger partial charge is 0.375 e. The fourth-order valence-electron chi connectivity index (χ4n) is 7.52. The number of benzene rings is 1. The minimum Gasteiger partial charge on any atom is -0.375 e. The highest BCUT2D eigenvalue weighted by molar-refractivity contribution is 7.86. The van der Waals surface area contributed by atoms with Gasteiger partial charge in [-0.1, -0.05) is 11.6 Å². The average Bonchev–Trinajstić information content (AvgIpc) is 3.44. The van der Waals surface area contributed by atoms with E-state index >= 15 is 0 Å². The van der Waals surface area contributed by atoms with Crippen LogP contribution in [0.4, 0.5) is 5.69 Å². The Bertz CT molecular complexity index is 1220. The summed E-state index contributed by atoms with van der Waals surface area (Å²) in [5, 5.41) is 0.634. The van der Waals surface area contributed by atoms with E-state index in [1.165, 1.54) is 19.3 Å². The lowest BCUT2D eigenvalue weighted by molar-refractivity contribution is -0.128. The van der Waals surface area contributed by atoms with Crippen molar-refractivity contribution in [2.75, 3.05) is 31.1 Å². The predicted octanol–water partition coefficient (Wildman–Crippen LogP) is 3.94. The molecule has 3 aliphatic heterocycles. The Kier molecular flexibility index (Phi) is 5.49. The van der Waals surface area contributed by atoms with Crippen molar-refractivity contribution < 1.29 is 13.2 Å². The zero-order chi connectivity index (χ0) is 24.5. The van der Waals surface area contributed by atoms with Crippen LogP contribution in [0.2, 0.25) is 5.02 Å². The van der Waals surface area contributed by atoms with Crippen molar-refractivity contribution in [1.29, 1.82) is 0 Å². The molecule has 2 saturated heterocycles. The van der Waals surface area contributed by atoms with Gasteiger partial charge in [-0.15, -0.1) is 0 Å². The molecule has 2 aromatic rings. The second-order valence-electron chi connectivity index (χ2n) is 11.7. The van der Waals surface area contributed by atoms with Gasteiger partial charge in [0.15, 0.2) is 0 Å². The first-order valence-electron chi connectivity index (χ1n) is 13.3. The summed E-state index contributed by atoms with van der Waals surface area (Å²) in [5.41, 5.74) is 3.15. The molecule has 8 nitrogen and oxygen atoms in total. The molecule has 1 aromatic heterocycles. The highest BCUT2D eigenvalue weighted by Crippen LogP contribution is 2.67. The average molecular weight is 532 g/mol. The molecule has 1 N–H and O–H groups in total. The maximum absolute atomic E-state index is 14.2. The first-order chi connectivity index (χ1) is 17.4. The molecule has 5 fully saturated rings. The number of halogens is 1. The quantitative estimate of drug-likeness (QED) is 0.632. The molecule has 6 aliphatic rings. The van der Waals surface area contributed by atoms with E-state index in [2.05, 4.69) is 20.9 Å². The van der Waals surface area contributed by atoms with Crippen molar-refractivity contribution >= 4 is 27.5 Å². The predicted molar refractivity (Wildman–Crippen MR) is 138 cm³/mol. The molecule has 1 aromatic carbocycles. The molecule has 10 heteroatoms. The van der Waals surface area contributed by atoms with E-state index in [4.69, 9.17) is 16.3 Å². The highest BCUT2D eigenvalue weighted by atomic mass is 35.5. The van der Waals surface area contributed by atoms with E-state index in [0.29, 0.717) is 37.7 Å². The number of ether oxygens (including phenoxy) is 1. The van der Waals surface area contributed by atoms with Crippen LogP contribution in [0, 0.1) is 11.3 Å². The van der Waals surface area contributed by atoms with Crippen molar-refractivity contribution in [3.8, 4) is 0 Å². The van der Waals surface area contributed by atoms with Crippen LogP contribution in [0.3, 0.4) is 0 Å². The standard InChI is InChI=1S/C26H34ClN5O3S/c27-21-2-3-23-20(10-21)15-31(36(33,34)30-7-5-26(6-8-30)4-1-9-35-26)17-24(25-11-19(12-25)13-25)32(23)16-22-14-28-18-29-22/h2-3,10,14,18-19,24H,1,4-9,11-13,15-17H2,(H,28,29)/t19?,24-,25?/m1/s1. The fraction of sp³-hybridized carbons (Fsp3) is 0.654. The zero-order valence-corrected chi connectivity index (χ0v) is 22.1. The highest BCUT2D eigenvalue weighted by Gasteiger charge is 2.63. The minimum absolute atomic E-state index is 0.109. The van der Waals surface area contributed by atoms with E-state index in [1.54, 1.807) is 14.9 Å². The first-order valence-corrected chi connectivity index (χ1v) is 15.1. The molecular formula is C26H34ClN5O3S. The van der Waals surface area contributed by atoms with E-state index in [9.17, 15) is 8.42 Å². The molecular weight excluding hydrogens is 498 g/mol. The number of piperidine rings is 1. The van der Waals surface area contributed by atoms with Gasteiger partial charge in [0.1, 0.15) is 0 Å². The van der Waals surface area contributed by atoms with Crippen LogP contribution in [0.1, 0.15) is 56.2 Å². The third-order valence-electron chi connectivity index (χ3n) is 9.61. The molecule has 0 unspecified atom stereocenters. The number of hydrogen-bond donors (Lipinski definition) is 1. The van der Waals surface area contributed by atoms with Gasteiger partial charge in [-0.25, -0.2) is 4.98 Å². The lowest BCUT2D eigenvalue weighted by Gasteiger charge is -2.67. The van der Waals surface area contributed by atoms with Gasteiger partial charge in [-0.05, 0) is 80.0 Å². The number of fused-ring (bicyclic) bond motifs is 1. The van der Waals surface area contributed by atoms with E-state index in [-0.39, 0.29) is 17.1 Å². The lowest BCUT2D eigenvalue weighted by Crippen LogP contribution is -2.66. The lowest BCUT2D eigenvalue weighted by atomic mass is 9.41. The van der Waals surface area contributed by atoms with Crippen molar-refractivity contribution in [2.45, 2.75) is 69.7 Å². The number of aromatic nitrogens is 2. The normalized spacial score (nSPS) is 32.1. The summed E-state index contributed by atoms with van der Waals surface area (Å²) in [7, 11) is -3.63. The van der Waals surface area contributed by atoms with E-state index in [1.807, 2.05) is 18.3 Å². The molecule has 4 heterocycles. The summed E-state index contributed by atoms with van der Waals surface area (Å²) in [6.07, 6.45) is 10.8. The van der Waals surface area contributed by atoms with Crippen LogP contribution < -0.4 is 4.90 Å². The smallest absolute Gasteiger partial charge is 0.282 e. The summed E-state index contributed by atoms with van der Waals surface area (Å²) in [4.78, 5) is 9.92. The number of rotatable bonds is 5. The number of aromatic amines is 1. The molecule has 194 valence electrons. The Morgan fingerprint density at radius 1 is 1.14 bits per heavy atom. The number of nitrogens with zero attached hydrogens (tertiary/aromatic N) is 4. The first kappa shape index (κ1) is 23.5. The number of H-pyrrole nitrogens is 1. The van der Waals surface area contributed by atoms with Crippen LogP contribution in [-0.4, -0.2) is 64.9 Å². The molecule has 1 atom stereocenters. The van der Waals surface area contributed by atoms with Gasteiger partial charge in [0.2, 0.25) is 0 Å². The second kappa shape index (κ2) is 8.43. The molecule has 0 radical (unpaired) electrons. The molecule has 1 spiro atoms. The Hall–Kier alpha value is -1.65. The monoisotopic (exact) mass is 531 g/mol. The van der Waals surface area contributed by atoms with Crippen molar-refractivity contribution in [3.63, 3.8) is 0 Å². The van der Waals surface area contributed by atoms with Crippen LogP contribution in [0.15, 0.2) is 30.7 Å². The van der Waals surface area contributed by atoms with Gasteiger partial charge >= 0.3 is 0 Å². The van der Waals surface area contributed by atoms with Crippen LogP contribution in [0.25, 0.3) is 0 Å². The summed E-state index contributed by atoms with van der Waals surface area (Å²) in [6, 6.07) is 6.05. The Balaban J connectivity index is 1.23. The van der Waals surface area contributed by atoms with E-state index in [0.717, 1.165) is 55.2 Å². The molecule has 3 saturated carbocycles. The second-order valence-corrected chi connectivity index (χ2v) is 14.0. The Morgan fingerprint density at radius 3 is 2.58 bits per heavy atom. The molecule has 3 aliphatic carbocycles. The topological polar surface area (TPSA) is 81.8 Å². The van der Waals surface area contributed by atoms with Crippen LogP contribution in [0.5, 0.6) is 0 Å². The summed E-state index contributed by atoms with van der Waals surface area (Å²) in [5.74, 6) is 0.807. The maximum atomic E-state index is 14.2. The van der Waals surface area contributed by atoms with Crippen LogP contribution in [-0.2, 0) is 28.0 Å². The fourth-order valence-corrected chi connectivity index (χ4v) is 9.31. The number of nitrogens with one attached hydrogen (secondary N) is 1. The van der Waals surface area contributed by atoms with Crippen LogP contribution >= 0.6 is 11.6 Å². The number of imidazole rings is 1. The van der Waals surface area contributed by atoms with Gasteiger partial charge in [0.05, 0.1) is 24.2 Å². The van der Waals surface area contributed by atoms with Gasteiger partial charge in [0.25, 0.3) is 10.2 Å². The third kappa shape index (κ3) is 3.73. The Labute approximate surface area is 218 Å². The SMILES string of the molecule is O=S(=O)(N1CCC2(CCCO2)CC1)N1Cc2cc(Cl)ccc2N(Cc2cnc[nH]2)[C@@H](C23CC(C2)C3)C1. The molecule has 2 bridgehead atoms. The van der Waals surface area contributed by atoms with Crippen molar-refractivity contribution in [2.24, 2.45) is 11.3 Å². The van der Waals surface area contributed by atoms with E-state index < -0.39 is 10.2 Å². The van der Waals surface area contributed by atoms with Gasteiger partial charge in [-0.3, -0.25) is 0 Å². The molecule has 8 rings (SSSR count). The molecule has 36 heavy (non-hydrogen) atoms. The summed E-state index contributed by atoms with van der Waals surface area (Å²) in [6.45, 7) is 3.35. The third-order valence-corrected chi connectivity index (χ3v) is 11.8. The van der Waals surface area contributed by atoms with Crippen molar-refractivity contribution in [1.82, 2.24) is 18.6 Å². The number of hydrogen-bond acceptors (Lipinski definition) is 5. The Morgan fingerprint density at radius 2 is 1.94 bits per heavy atom. The van der Waals surface area contributed by atoms with Gasteiger partial charge in [0, 0.05) is 55.7 Å². The molecule has 0 amide bonds. The summed E-state index contributed by atoms with van der Waals surface area (Å²) < 4.78 is 37.8. The van der Waals surface area contributed by atoms with Gasteiger partial charge in [-0.2, -0.15) is 17.0 Å². The zero-order valence-electron chi connectivity index (χ0n) is 20.5. The number of anilines is 1. The maximum Gasteiger partial charge on any atom is 0.282 e.